The molecule has 0 saturated heterocycles. The van der Waals surface area contributed by atoms with E-state index in [1.54, 1.807) is 0 Å². The predicted octanol–water partition coefficient (Wildman–Crippen LogP) is 3.48. The number of aryl methyl sites for hydroxylation is 2. The van der Waals surface area contributed by atoms with Crippen molar-refractivity contribution < 1.29 is 4.42 Å². The average Bonchev–Trinajstić information content (AvgIpc) is 2.94. The summed E-state index contributed by atoms with van der Waals surface area (Å²) < 4.78 is 5.60. The Balaban J connectivity index is 1.97. The van der Waals surface area contributed by atoms with Crippen molar-refractivity contribution >= 4 is 11.6 Å². The molecule has 1 aromatic carbocycles. The molecule has 2 rings (SSSR count). The second-order valence-corrected chi connectivity index (χ2v) is 6.69. The highest BCUT2D eigenvalue weighted by Gasteiger charge is 2.14. The van der Waals surface area contributed by atoms with Crippen LogP contribution in [0.2, 0.25) is 0 Å². The molecule has 1 unspecified atom stereocenters. The van der Waals surface area contributed by atoms with Gasteiger partial charge in [-0.3, -0.25) is 0 Å². The summed E-state index contributed by atoms with van der Waals surface area (Å²) in [5, 5.41) is 10.3. The van der Waals surface area contributed by atoms with Gasteiger partial charge >= 0.3 is 0 Å². The molecular formula is C20H31N5O. The van der Waals surface area contributed by atoms with Crippen molar-refractivity contribution in [2.75, 3.05) is 18.4 Å². The van der Waals surface area contributed by atoms with Crippen LogP contribution in [0.3, 0.4) is 0 Å². The van der Waals surface area contributed by atoms with Crippen LogP contribution in [0.15, 0.2) is 39.7 Å². The zero-order valence-corrected chi connectivity index (χ0v) is 16.5. The van der Waals surface area contributed by atoms with Gasteiger partial charge < -0.3 is 20.4 Å². The minimum atomic E-state index is 0.285. The summed E-state index contributed by atoms with van der Waals surface area (Å²) in [6.45, 7) is 12.3. The Kier molecular flexibility index (Phi) is 7.51. The van der Waals surface area contributed by atoms with Crippen molar-refractivity contribution in [2.24, 2.45) is 10.9 Å². The minimum Gasteiger partial charge on any atom is -0.444 e. The number of oxazole rings is 1. The van der Waals surface area contributed by atoms with Crippen molar-refractivity contribution in [3.05, 3.63) is 47.7 Å². The van der Waals surface area contributed by atoms with Crippen LogP contribution in [0.4, 0.5) is 5.69 Å². The van der Waals surface area contributed by atoms with Gasteiger partial charge in [-0.15, -0.1) is 0 Å². The van der Waals surface area contributed by atoms with Gasteiger partial charge in [-0.05, 0) is 38.8 Å². The van der Waals surface area contributed by atoms with Crippen LogP contribution >= 0.6 is 0 Å². The lowest BCUT2D eigenvalue weighted by Crippen LogP contribution is -2.44. The molecule has 2 aromatic rings. The third kappa shape index (κ3) is 6.10. The summed E-state index contributed by atoms with van der Waals surface area (Å²) in [5.74, 6) is 2.73. The van der Waals surface area contributed by atoms with Crippen molar-refractivity contribution in [1.29, 1.82) is 0 Å². The number of guanidine groups is 1. The number of nitrogens with one attached hydrogen (secondary N) is 3. The van der Waals surface area contributed by atoms with Crippen LogP contribution in [-0.2, 0) is 6.54 Å². The second kappa shape index (κ2) is 9.85. The largest absolute Gasteiger partial charge is 0.444 e. The van der Waals surface area contributed by atoms with E-state index in [0.717, 1.165) is 36.2 Å². The summed E-state index contributed by atoms with van der Waals surface area (Å²) in [6, 6.07) is 10.6. The molecular weight excluding hydrogens is 326 g/mol. The van der Waals surface area contributed by atoms with E-state index in [-0.39, 0.29) is 6.04 Å². The summed E-state index contributed by atoms with van der Waals surface area (Å²) >= 11 is 0. The Labute approximate surface area is 156 Å². The SMILES string of the molecule is CCNC(=NCc1nc(C)c(C)o1)NCC(Nc1ccccc1)C(C)C. The first kappa shape index (κ1) is 19.8. The number of rotatable bonds is 8. The Morgan fingerprint density at radius 1 is 1.15 bits per heavy atom. The third-order valence-electron chi connectivity index (χ3n) is 4.21. The Bertz CT molecular complexity index is 674. The van der Waals surface area contributed by atoms with E-state index in [9.17, 15) is 0 Å². The number of aliphatic imine (C=N–C) groups is 1. The monoisotopic (exact) mass is 357 g/mol. The fourth-order valence-corrected chi connectivity index (χ4v) is 2.50. The smallest absolute Gasteiger partial charge is 0.216 e. The van der Waals surface area contributed by atoms with Gasteiger partial charge in [-0.2, -0.15) is 0 Å². The molecule has 0 aliphatic heterocycles. The zero-order valence-electron chi connectivity index (χ0n) is 16.5. The van der Waals surface area contributed by atoms with Gasteiger partial charge in [0.1, 0.15) is 12.3 Å². The molecule has 0 spiro atoms. The van der Waals surface area contributed by atoms with E-state index in [4.69, 9.17) is 4.42 Å². The number of aromatic nitrogens is 1. The molecule has 3 N–H and O–H groups in total. The lowest BCUT2D eigenvalue weighted by atomic mass is 10.0. The third-order valence-corrected chi connectivity index (χ3v) is 4.21. The highest BCUT2D eigenvalue weighted by atomic mass is 16.4. The molecule has 0 saturated carbocycles. The number of benzene rings is 1. The molecule has 6 heteroatoms. The molecule has 142 valence electrons. The molecule has 0 amide bonds. The van der Waals surface area contributed by atoms with Crippen LogP contribution in [0.5, 0.6) is 0 Å². The van der Waals surface area contributed by atoms with E-state index in [0.29, 0.717) is 18.4 Å². The molecule has 0 fully saturated rings. The first-order valence-electron chi connectivity index (χ1n) is 9.26. The van der Waals surface area contributed by atoms with Gasteiger partial charge in [-0.25, -0.2) is 9.98 Å². The maximum Gasteiger partial charge on any atom is 0.216 e. The van der Waals surface area contributed by atoms with E-state index < -0.39 is 0 Å². The summed E-state index contributed by atoms with van der Waals surface area (Å²) in [6.07, 6.45) is 0. The Morgan fingerprint density at radius 3 is 2.46 bits per heavy atom. The average molecular weight is 358 g/mol. The molecule has 6 nitrogen and oxygen atoms in total. The van der Waals surface area contributed by atoms with E-state index >= 15 is 0 Å². The number of nitrogens with zero attached hydrogens (tertiary/aromatic N) is 2. The van der Waals surface area contributed by atoms with Gasteiger partial charge in [0, 0.05) is 24.8 Å². The lowest BCUT2D eigenvalue weighted by Gasteiger charge is -2.25. The van der Waals surface area contributed by atoms with Gasteiger partial charge in [0.05, 0.1) is 5.69 Å². The van der Waals surface area contributed by atoms with Crippen LogP contribution in [0.25, 0.3) is 0 Å². The quantitative estimate of drug-likeness (QED) is 0.498. The maximum absolute atomic E-state index is 5.60. The normalized spacial score (nSPS) is 12.9. The molecule has 26 heavy (non-hydrogen) atoms. The highest BCUT2D eigenvalue weighted by Crippen LogP contribution is 2.12. The van der Waals surface area contributed by atoms with Crippen LogP contribution < -0.4 is 16.0 Å². The van der Waals surface area contributed by atoms with E-state index in [1.165, 1.54) is 0 Å². The zero-order chi connectivity index (χ0) is 18.9. The molecule has 0 bridgehead atoms. The van der Waals surface area contributed by atoms with Crippen molar-refractivity contribution in [3.63, 3.8) is 0 Å². The van der Waals surface area contributed by atoms with Gasteiger partial charge in [-0.1, -0.05) is 32.0 Å². The number of anilines is 1. The second-order valence-electron chi connectivity index (χ2n) is 6.69. The van der Waals surface area contributed by atoms with Crippen LogP contribution in [0.1, 0.15) is 38.1 Å². The topological polar surface area (TPSA) is 74.5 Å². The summed E-state index contributed by atoms with van der Waals surface area (Å²) in [7, 11) is 0. The first-order valence-corrected chi connectivity index (χ1v) is 9.26. The predicted molar refractivity (Wildman–Crippen MR) is 107 cm³/mol. The van der Waals surface area contributed by atoms with Crippen LogP contribution in [-0.4, -0.2) is 30.1 Å². The molecule has 1 aromatic heterocycles. The van der Waals surface area contributed by atoms with Gasteiger partial charge in [0.25, 0.3) is 0 Å². The fraction of sp³-hybridized carbons (Fsp3) is 0.500. The van der Waals surface area contributed by atoms with E-state index in [1.807, 2.05) is 32.0 Å². The standard InChI is InChI=1S/C20H31N5O/c1-6-21-20(23-13-19-24-15(4)16(5)26-19)22-12-18(14(2)3)25-17-10-8-7-9-11-17/h7-11,14,18,25H,6,12-13H2,1-5H3,(H2,21,22,23). The molecule has 0 aliphatic rings. The Hall–Kier alpha value is -2.50. The maximum atomic E-state index is 5.60. The molecule has 1 atom stereocenters. The number of hydrogen-bond donors (Lipinski definition) is 3. The lowest BCUT2D eigenvalue weighted by molar-refractivity contribution is 0.472. The van der Waals surface area contributed by atoms with Crippen molar-refractivity contribution in [1.82, 2.24) is 15.6 Å². The van der Waals surface area contributed by atoms with Gasteiger partial charge in [0.15, 0.2) is 5.96 Å². The molecule has 0 aliphatic carbocycles. The highest BCUT2D eigenvalue weighted by molar-refractivity contribution is 5.79. The summed E-state index contributed by atoms with van der Waals surface area (Å²) in [5.41, 5.74) is 2.04. The van der Waals surface area contributed by atoms with Crippen LogP contribution in [0, 0.1) is 19.8 Å². The minimum absolute atomic E-state index is 0.285. The summed E-state index contributed by atoms with van der Waals surface area (Å²) in [4.78, 5) is 8.97. The number of hydrogen-bond acceptors (Lipinski definition) is 4. The van der Waals surface area contributed by atoms with E-state index in [2.05, 4.69) is 58.8 Å². The number of para-hydroxylation sites is 1. The fourth-order valence-electron chi connectivity index (χ4n) is 2.50. The Morgan fingerprint density at radius 2 is 1.88 bits per heavy atom. The molecule has 0 radical (unpaired) electrons. The first-order chi connectivity index (χ1) is 12.5. The molecule has 1 heterocycles. The van der Waals surface area contributed by atoms with Crippen molar-refractivity contribution in [2.45, 2.75) is 47.2 Å². The van der Waals surface area contributed by atoms with Crippen molar-refractivity contribution in [3.8, 4) is 0 Å². The van der Waals surface area contributed by atoms with Gasteiger partial charge in [0.2, 0.25) is 5.89 Å².